The molecule has 2 N–H and O–H groups in total. The predicted octanol–water partition coefficient (Wildman–Crippen LogP) is 3.90. The van der Waals surface area contributed by atoms with Crippen LogP contribution in [0.1, 0.15) is 11.1 Å². The van der Waals surface area contributed by atoms with Crippen LogP contribution in [-0.2, 0) is 4.79 Å². The van der Waals surface area contributed by atoms with Gasteiger partial charge < -0.3 is 10.4 Å². The third kappa shape index (κ3) is 3.66. The SMILES string of the molecule is Cc1c(Cl)cccc1NC(=O)/C(C#N)=C\c1ccc(O)cc1. The molecule has 0 unspecified atom stereocenters. The number of aromatic hydroxyl groups is 1. The van der Waals surface area contributed by atoms with E-state index in [1.807, 2.05) is 6.07 Å². The van der Waals surface area contributed by atoms with E-state index < -0.39 is 5.91 Å². The lowest BCUT2D eigenvalue weighted by molar-refractivity contribution is -0.112. The van der Waals surface area contributed by atoms with Crippen LogP contribution >= 0.6 is 11.6 Å². The zero-order valence-corrected chi connectivity index (χ0v) is 12.6. The van der Waals surface area contributed by atoms with E-state index in [9.17, 15) is 9.90 Å². The Kier molecular flexibility index (Phi) is 4.82. The number of rotatable bonds is 3. The Hall–Kier alpha value is -2.77. The molecule has 110 valence electrons. The summed E-state index contributed by atoms with van der Waals surface area (Å²) < 4.78 is 0. The Balaban J connectivity index is 2.24. The fourth-order valence-corrected chi connectivity index (χ4v) is 1.99. The first-order valence-corrected chi connectivity index (χ1v) is 6.86. The highest BCUT2D eigenvalue weighted by Crippen LogP contribution is 2.23. The lowest BCUT2D eigenvalue weighted by atomic mass is 10.1. The Morgan fingerprint density at radius 3 is 2.59 bits per heavy atom. The fraction of sp³-hybridized carbons (Fsp3) is 0.0588. The minimum absolute atomic E-state index is 0.0370. The molecular weight excluding hydrogens is 300 g/mol. The van der Waals surface area contributed by atoms with Crippen molar-refractivity contribution in [2.24, 2.45) is 0 Å². The maximum Gasteiger partial charge on any atom is 0.266 e. The predicted molar refractivity (Wildman–Crippen MR) is 86.5 cm³/mol. The number of anilines is 1. The van der Waals surface area contributed by atoms with Crippen LogP contribution < -0.4 is 5.32 Å². The van der Waals surface area contributed by atoms with Gasteiger partial charge in [0.1, 0.15) is 17.4 Å². The normalized spacial score (nSPS) is 10.9. The zero-order chi connectivity index (χ0) is 16.1. The molecule has 0 heterocycles. The average Bonchev–Trinajstić information content (AvgIpc) is 2.51. The highest BCUT2D eigenvalue weighted by molar-refractivity contribution is 6.31. The van der Waals surface area contributed by atoms with Crippen molar-refractivity contribution in [3.05, 3.63) is 64.2 Å². The summed E-state index contributed by atoms with van der Waals surface area (Å²) in [5.41, 5.74) is 1.90. The van der Waals surface area contributed by atoms with Crippen molar-refractivity contribution < 1.29 is 9.90 Å². The van der Waals surface area contributed by atoms with E-state index in [4.69, 9.17) is 16.9 Å². The third-order valence-corrected chi connectivity index (χ3v) is 3.49. The number of benzene rings is 2. The van der Waals surface area contributed by atoms with E-state index in [1.54, 1.807) is 37.3 Å². The topological polar surface area (TPSA) is 73.1 Å². The van der Waals surface area contributed by atoms with Crippen molar-refractivity contribution >= 4 is 29.3 Å². The molecule has 5 heteroatoms. The van der Waals surface area contributed by atoms with Crippen molar-refractivity contribution in [1.29, 1.82) is 5.26 Å². The first-order chi connectivity index (χ1) is 10.5. The number of amides is 1. The quantitative estimate of drug-likeness (QED) is 0.667. The number of phenols is 1. The van der Waals surface area contributed by atoms with Crippen molar-refractivity contribution in [3.63, 3.8) is 0 Å². The van der Waals surface area contributed by atoms with E-state index in [-0.39, 0.29) is 11.3 Å². The van der Waals surface area contributed by atoms with Gasteiger partial charge in [0.05, 0.1) is 0 Å². The number of hydrogen-bond donors (Lipinski definition) is 2. The summed E-state index contributed by atoms with van der Waals surface area (Å²) in [6, 6.07) is 13.2. The van der Waals surface area contributed by atoms with Crippen molar-refractivity contribution in [1.82, 2.24) is 0 Å². The molecule has 4 nitrogen and oxygen atoms in total. The molecule has 0 aliphatic rings. The van der Waals surface area contributed by atoms with Gasteiger partial charge in [-0.2, -0.15) is 5.26 Å². The van der Waals surface area contributed by atoms with E-state index >= 15 is 0 Å². The maximum atomic E-state index is 12.2. The average molecular weight is 313 g/mol. The van der Waals surface area contributed by atoms with Crippen molar-refractivity contribution in [3.8, 4) is 11.8 Å². The first kappa shape index (κ1) is 15.6. The summed E-state index contributed by atoms with van der Waals surface area (Å²) in [5, 5.41) is 21.6. The first-order valence-electron chi connectivity index (χ1n) is 6.48. The molecule has 0 aromatic heterocycles. The second-order valence-corrected chi connectivity index (χ2v) is 5.04. The number of phenolic OH excluding ortho intramolecular Hbond substituents is 1. The van der Waals surface area contributed by atoms with Gasteiger partial charge in [-0.3, -0.25) is 4.79 Å². The zero-order valence-electron chi connectivity index (χ0n) is 11.8. The van der Waals surface area contributed by atoms with Crippen LogP contribution in [0.25, 0.3) is 6.08 Å². The Bertz CT molecular complexity index is 774. The fourth-order valence-electron chi connectivity index (χ4n) is 1.82. The summed E-state index contributed by atoms with van der Waals surface area (Å²) in [5.74, 6) is -0.393. The lowest BCUT2D eigenvalue weighted by Crippen LogP contribution is -2.14. The van der Waals surface area contributed by atoms with Crippen LogP contribution in [0.4, 0.5) is 5.69 Å². The van der Waals surface area contributed by atoms with Gasteiger partial charge in [0.2, 0.25) is 0 Å². The van der Waals surface area contributed by atoms with Gasteiger partial charge in [-0.15, -0.1) is 0 Å². The van der Waals surface area contributed by atoms with Crippen LogP contribution in [0, 0.1) is 18.3 Å². The van der Waals surface area contributed by atoms with E-state index in [0.717, 1.165) is 5.56 Å². The standard InChI is InChI=1S/C17H13ClN2O2/c1-11-15(18)3-2-4-16(11)20-17(22)13(10-19)9-12-5-7-14(21)8-6-12/h2-9,21H,1H3,(H,20,22)/b13-9-. The van der Waals surface area contributed by atoms with Crippen LogP contribution in [-0.4, -0.2) is 11.0 Å². The number of carbonyl (C=O) groups is 1. The summed E-state index contributed by atoms with van der Waals surface area (Å²) in [6.07, 6.45) is 1.45. The minimum Gasteiger partial charge on any atom is -0.508 e. The van der Waals surface area contributed by atoms with Gasteiger partial charge >= 0.3 is 0 Å². The van der Waals surface area contributed by atoms with Gasteiger partial charge in [-0.1, -0.05) is 29.8 Å². The van der Waals surface area contributed by atoms with Gasteiger partial charge in [-0.25, -0.2) is 0 Å². The van der Waals surface area contributed by atoms with Crippen molar-refractivity contribution in [2.45, 2.75) is 6.92 Å². The Labute approximate surface area is 133 Å². The summed E-state index contributed by atoms with van der Waals surface area (Å²) >= 11 is 6.00. The smallest absolute Gasteiger partial charge is 0.266 e. The highest BCUT2D eigenvalue weighted by atomic mass is 35.5. The minimum atomic E-state index is -0.513. The second kappa shape index (κ2) is 6.79. The largest absolute Gasteiger partial charge is 0.508 e. The summed E-state index contributed by atoms with van der Waals surface area (Å²) in [6.45, 7) is 1.79. The molecular formula is C17H13ClN2O2. The molecule has 0 spiro atoms. The molecule has 0 fully saturated rings. The molecule has 0 bridgehead atoms. The maximum absolute atomic E-state index is 12.2. The number of hydrogen-bond acceptors (Lipinski definition) is 3. The molecule has 1 amide bonds. The molecule has 0 saturated carbocycles. The molecule has 0 aliphatic carbocycles. The van der Waals surface area contributed by atoms with Gasteiger partial charge in [0, 0.05) is 10.7 Å². The summed E-state index contributed by atoms with van der Waals surface area (Å²) in [4.78, 5) is 12.2. The number of carbonyl (C=O) groups excluding carboxylic acids is 1. The molecule has 2 rings (SSSR count). The van der Waals surface area contributed by atoms with Gasteiger partial charge in [-0.05, 0) is 48.4 Å². The molecule has 0 radical (unpaired) electrons. The number of nitrogens with zero attached hydrogens (tertiary/aromatic N) is 1. The van der Waals surface area contributed by atoms with Crippen LogP contribution in [0.5, 0.6) is 5.75 Å². The molecule has 0 aliphatic heterocycles. The van der Waals surface area contributed by atoms with E-state index in [1.165, 1.54) is 18.2 Å². The Morgan fingerprint density at radius 2 is 1.95 bits per heavy atom. The number of nitriles is 1. The lowest BCUT2D eigenvalue weighted by Gasteiger charge is -2.08. The van der Waals surface area contributed by atoms with Crippen molar-refractivity contribution in [2.75, 3.05) is 5.32 Å². The summed E-state index contributed by atoms with van der Waals surface area (Å²) in [7, 11) is 0. The monoisotopic (exact) mass is 312 g/mol. The highest BCUT2D eigenvalue weighted by Gasteiger charge is 2.11. The molecule has 2 aromatic carbocycles. The van der Waals surface area contributed by atoms with Crippen LogP contribution in [0.2, 0.25) is 5.02 Å². The molecule has 0 atom stereocenters. The number of nitrogens with one attached hydrogen (secondary N) is 1. The van der Waals surface area contributed by atoms with Crippen LogP contribution in [0.3, 0.4) is 0 Å². The molecule has 0 saturated heterocycles. The second-order valence-electron chi connectivity index (χ2n) is 4.63. The molecule has 22 heavy (non-hydrogen) atoms. The molecule has 2 aromatic rings. The third-order valence-electron chi connectivity index (χ3n) is 3.09. The van der Waals surface area contributed by atoms with E-state index in [2.05, 4.69) is 5.32 Å². The van der Waals surface area contributed by atoms with E-state index in [0.29, 0.717) is 16.3 Å². The van der Waals surface area contributed by atoms with Gasteiger partial charge in [0.15, 0.2) is 0 Å². The van der Waals surface area contributed by atoms with Gasteiger partial charge in [0.25, 0.3) is 5.91 Å². The Morgan fingerprint density at radius 1 is 1.27 bits per heavy atom. The number of halogens is 1. The van der Waals surface area contributed by atoms with Crippen LogP contribution in [0.15, 0.2) is 48.0 Å².